The van der Waals surface area contributed by atoms with E-state index in [0.717, 1.165) is 89.0 Å². The summed E-state index contributed by atoms with van der Waals surface area (Å²) in [5.41, 5.74) is 15.6. The van der Waals surface area contributed by atoms with Crippen molar-refractivity contribution in [1.82, 2.24) is 16.0 Å². The minimum absolute atomic E-state index is 0.157. The highest BCUT2D eigenvalue weighted by Crippen LogP contribution is 2.60. The second-order valence-electron chi connectivity index (χ2n) is 13.2. The number of benzene rings is 1. The second-order valence-corrected chi connectivity index (χ2v) is 13.6. The number of aliphatic imine (C=N–C) groups is 2. The van der Waals surface area contributed by atoms with E-state index in [1.54, 1.807) is 14.0 Å². The third-order valence-electron chi connectivity index (χ3n) is 9.69. The molecule has 8 heteroatoms. The maximum atomic E-state index is 7.79. The first-order valence-corrected chi connectivity index (χ1v) is 16.9. The first-order valence-electron chi connectivity index (χ1n) is 16.5. The maximum absolute atomic E-state index is 7.79. The predicted octanol–water partition coefficient (Wildman–Crippen LogP) is 8.48. The number of amidine groups is 1. The molecule has 3 fully saturated rings. The standard InChI is InChI=1S/C35H47ClN6.C4H5N.C2H2/c1-23(25(3)41-22-34-11-14-35(15-12-34,16-13-34)27(5)36)17-31(42-28(6)38-7)26(4)39-20-29-9-8-10-30(19-29)21-40-32-18-24(2)33(32)37;1-4(2)3-5;1-2/h8-10,17,19,39-41H,2-5,11-16,18,20-22,37H2,1,6-7H3;1H2,2H3;1-2H/b23-17+,38-28?,42-31?;;. The highest BCUT2D eigenvalue weighted by atomic mass is 35.5. The minimum atomic E-state index is 0.157. The number of hydrogen-bond acceptors (Lipinski definition) is 6. The lowest BCUT2D eigenvalue weighted by Gasteiger charge is -2.53. The summed E-state index contributed by atoms with van der Waals surface area (Å²) in [5, 5.41) is 19.2. The zero-order chi connectivity index (χ0) is 36.8. The molecule has 0 atom stereocenters. The molecule has 5 N–H and O–H groups in total. The largest absolute Gasteiger partial charge is 0.397 e. The fraction of sp³-hybridized carbons (Fsp3) is 0.390. The third-order valence-corrected chi connectivity index (χ3v) is 10.1. The van der Waals surface area contributed by atoms with Crippen molar-refractivity contribution in [3.8, 4) is 18.9 Å². The normalized spacial score (nSPS) is 21.4. The Kier molecular flexibility index (Phi) is 15.5. The van der Waals surface area contributed by atoms with E-state index in [4.69, 9.17) is 27.6 Å². The molecule has 4 aliphatic carbocycles. The van der Waals surface area contributed by atoms with Crippen LogP contribution >= 0.6 is 11.6 Å². The Morgan fingerprint density at radius 1 is 1.00 bits per heavy atom. The van der Waals surface area contributed by atoms with Gasteiger partial charge in [0, 0.05) is 60.5 Å². The van der Waals surface area contributed by atoms with Gasteiger partial charge in [0.2, 0.25) is 0 Å². The molecule has 0 aromatic heterocycles. The maximum Gasteiger partial charge on any atom is 0.120 e. The molecule has 0 heterocycles. The third kappa shape index (κ3) is 11.4. The molecular weight excluding hydrogens is 626 g/mol. The number of nitrogens with zero attached hydrogens (tertiary/aromatic N) is 3. The number of rotatable bonds is 13. The van der Waals surface area contributed by atoms with Crippen molar-refractivity contribution < 1.29 is 0 Å². The summed E-state index contributed by atoms with van der Waals surface area (Å²) in [7, 11) is 1.74. The smallest absolute Gasteiger partial charge is 0.120 e. The predicted molar refractivity (Wildman–Crippen MR) is 209 cm³/mol. The van der Waals surface area contributed by atoms with E-state index in [-0.39, 0.29) is 5.41 Å². The number of nitriles is 1. The van der Waals surface area contributed by atoms with Gasteiger partial charge in [0.25, 0.3) is 0 Å². The van der Waals surface area contributed by atoms with Crippen LogP contribution in [0.5, 0.6) is 0 Å². The minimum Gasteiger partial charge on any atom is -0.397 e. The summed E-state index contributed by atoms with van der Waals surface area (Å²) in [5.74, 6) is 0.684. The Hall–Kier alpha value is -4.72. The summed E-state index contributed by atoms with van der Waals surface area (Å²) >= 11 is 6.40. The Labute approximate surface area is 300 Å². The van der Waals surface area contributed by atoms with E-state index in [2.05, 4.69) is 97.9 Å². The number of halogens is 1. The van der Waals surface area contributed by atoms with Gasteiger partial charge in [0.1, 0.15) is 5.84 Å². The van der Waals surface area contributed by atoms with E-state index in [1.165, 1.54) is 24.8 Å². The van der Waals surface area contributed by atoms with Crippen LogP contribution in [-0.2, 0) is 13.1 Å². The topological polar surface area (TPSA) is 111 Å². The van der Waals surface area contributed by atoms with Crippen LogP contribution in [0.2, 0.25) is 0 Å². The fourth-order valence-electron chi connectivity index (χ4n) is 6.10. The number of nitrogens with one attached hydrogen (secondary N) is 3. The molecule has 49 heavy (non-hydrogen) atoms. The van der Waals surface area contributed by atoms with E-state index in [9.17, 15) is 0 Å². The zero-order valence-corrected chi connectivity index (χ0v) is 30.7. The van der Waals surface area contributed by atoms with E-state index >= 15 is 0 Å². The van der Waals surface area contributed by atoms with Crippen molar-refractivity contribution in [3.63, 3.8) is 0 Å². The molecule has 0 unspecified atom stereocenters. The van der Waals surface area contributed by atoms with Crippen molar-refractivity contribution in [3.05, 3.63) is 119 Å². The van der Waals surface area contributed by atoms with Gasteiger partial charge in [0.15, 0.2) is 0 Å². The molecular formula is C41H54ClN7. The van der Waals surface area contributed by atoms with Gasteiger partial charge in [-0.2, -0.15) is 5.26 Å². The van der Waals surface area contributed by atoms with Gasteiger partial charge in [-0.05, 0) is 93.1 Å². The highest BCUT2D eigenvalue weighted by molar-refractivity contribution is 6.30. The fourth-order valence-corrected chi connectivity index (χ4v) is 6.38. The Morgan fingerprint density at radius 2 is 1.57 bits per heavy atom. The molecule has 0 saturated heterocycles. The van der Waals surface area contributed by atoms with Gasteiger partial charge in [-0.1, -0.05) is 68.8 Å². The van der Waals surface area contributed by atoms with Gasteiger partial charge >= 0.3 is 0 Å². The van der Waals surface area contributed by atoms with Crippen LogP contribution in [0.4, 0.5) is 0 Å². The first kappa shape index (κ1) is 40.5. The average molecular weight is 680 g/mol. The molecule has 3 saturated carbocycles. The van der Waals surface area contributed by atoms with Crippen LogP contribution < -0.4 is 21.7 Å². The van der Waals surface area contributed by atoms with Gasteiger partial charge < -0.3 is 21.7 Å². The quantitative estimate of drug-likeness (QED) is 0.0550. The van der Waals surface area contributed by atoms with Gasteiger partial charge in [-0.15, -0.1) is 12.8 Å². The number of fused-ring (bicyclic) bond motifs is 3. The van der Waals surface area contributed by atoms with Crippen molar-refractivity contribution in [1.29, 1.82) is 5.26 Å². The van der Waals surface area contributed by atoms with E-state index in [0.29, 0.717) is 23.4 Å². The number of hydrogen-bond donors (Lipinski definition) is 4. The summed E-state index contributed by atoms with van der Waals surface area (Å²) in [6, 6.07) is 10.3. The molecule has 0 aliphatic heterocycles. The lowest BCUT2D eigenvalue weighted by Crippen LogP contribution is -2.46. The second kappa shape index (κ2) is 18.7. The Morgan fingerprint density at radius 3 is 2.06 bits per heavy atom. The molecule has 5 rings (SSSR count). The van der Waals surface area contributed by atoms with Crippen LogP contribution in [0.3, 0.4) is 0 Å². The summed E-state index contributed by atoms with van der Waals surface area (Å²) in [4.78, 5) is 8.98. The first-order chi connectivity index (χ1) is 23.2. The number of allylic oxidation sites excluding steroid dienone is 6. The average Bonchev–Trinajstić information content (AvgIpc) is 3.12. The van der Waals surface area contributed by atoms with E-state index in [1.807, 2.05) is 19.1 Å². The molecule has 0 spiro atoms. The van der Waals surface area contributed by atoms with Gasteiger partial charge in [-0.3, -0.25) is 4.99 Å². The molecule has 1 aromatic rings. The molecule has 0 amide bonds. The monoisotopic (exact) mass is 679 g/mol. The van der Waals surface area contributed by atoms with Crippen LogP contribution in [0.25, 0.3) is 0 Å². The molecule has 0 radical (unpaired) electrons. The lowest BCUT2D eigenvalue weighted by molar-refractivity contribution is 0.0213. The molecule has 260 valence electrons. The molecule has 1 aromatic carbocycles. The summed E-state index contributed by atoms with van der Waals surface area (Å²) in [6.07, 6.45) is 17.8. The number of nitrogens with two attached hydrogens (primary N) is 1. The highest BCUT2D eigenvalue weighted by Gasteiger charge is 2.49. The van der Waals surface area contributed by atoms with E-state index < -0.39 is 0 Å². The molecule has 7 nitrogen and oxygen atoms in total. The molecule has 4 aliphatic rings. The molecule has 2 bridgehead atoms. The summed E-state index contributed by atoms with van der Waals surface area (Å²) < 4.78 is 0. The Balaban J connectivity index is 0.00000109. The van der Waals surface area contributed by atoms with Crippen molar-refractivity contribution in [2.75, 3.05) is 13.6 Å². The number of terminal acetylenes is 1. The van der Waals surface area contributed by atoms with Gasteiger partial charge in [0.05, 0.1) is 23.2 Å². The van der Waals surface area contributed by atoms with Crippen LogP contribution in [-0.4, -0.2) is 25.1 Å². The summed E-state index contributed by atoms with van der Waals surface area (Å²) in [6.45, 7) is 27.9. The van der Waals surface area contributed by atoms with Crippen LogP contribution in [0, 0.1) is 35.0 Å². The lowest BCUT2D eigenvalue weighted by atomic mass is 9.53. The zero-order valence-electron chi connectivity index (χ0n) is 29.9. The SMILES string of the molecule is C#C.C=C(C)C#N.C=C1CC(NCc2cccc(CNC(=C)C(/C=C(\C)C(=C)NCC34CCC(C(=C)Cl)(CC3)CC4)=NC(C)=NC)c2)=C1N. The van der Waals surface area contributed by atoms with Crippen molar-refractivity contribution in [2.24, 2.45) is 26.5 Å². The Bertz CT molecular complexity index is 1600. The van der Waals surface area contributed by atoms with Crippen LogP contribution in [0.1, 0.15) is 76.8 Å². The van der Waals surface area contributed by atoms with Crippen LogP contribution in [0.15, 0.2) is 118 Å². The van der Waals surface area contributed by atoms with Crippen molar-refractivity contribution >= 4 is 23.1 Å². The van der Waals surface area contributed by atoms with Gasteiger partial charge in [-0.25, -0.2) is 4.99 Å². The van der Waals surface area contributed by atoms with Crippen molar-refractivity contribution in [2.45, 2.75) is 78.8 Å².